The van der Waals surface area contributed by atoms with Crippen molar-refractivity contribution in [2.75, 3.05) is 27.3 Å². The Morgan fingerprint density at radius 2 is 1.83 bits per heavy atom. The van der Waals surface area contributed by atoms with Crippen LogP contribution in [-0.4, -0.2) is 55.7 Å². The van der Waals surface area contributed by atoms with Gasteiger partial charge in [0.05, 0.1) is 19.8 Å². The third-order valence-corrected chi connectivity index (χ3v) is 6.95. The van der Waals surface area contributed by atoms with Gasteiger partial charge in [-0.3, -0.25) is 9.48 Å². The second-order valence-electron chi connectivity index (χ2n) is 7.20. The van der Waals surface area contributed by atoms with Crippen molar-refractivity contribution in [1.29, 1.82) is 0 Å². The summed E-state index contributed by atoms with van der Waals surface area (Å²) in [5, 5.41) is 6.67. The first kappa shape index (κ1) is 22.1. The van der Waals surface area contributed by atoms with Crippen molar-refractivity contribution >= 4 is 15.9 Å². The molecule has 1 aromatic carbocycles. The van der Waals surface area contributed by atoms with Crippen LogP contribution in [0.2, 0.25) is 0 Å². The van der Waals surface area contributed by atoms with Gasteiger partial charge in [0.1, 0.15) is 11.5 Å². The number of benzene rings is 1. The van der Waals surface area contributed by atoms with Crippen LogP contribution >= 0.6 is 0 Å². The fourth-order valence-electron chi connectivity index (χ4n) is 3.51. The van der Waals surface area contributed by atoms with E-state index in [1.54, 1.807) is 39.5 Å². The molecule has 0 spiro atoms. The first-order valence-corrected chi connectivity index (χ1v) is 11.3. The van der Waals surface area contributed by atoms with Gasteiger partial charge in [-0.05, 0) is 31.0 Å². The molecule has 0 aliphatic carbocycles. The Morgan fingerprint density at radius 1 is 1.13 bits per heavy atom. The first-order chi connectivity index (χ1) is 14.4. The zero-order chi connectivity index (χ0) is 21.7. The van der Waals surface area contributed by atoms with E-state index < -0.39 is 15.9 Å². The molecular weight excluding hydrogens is 408 g/mol. The predicted octanol–water partition coefficient (Wildman–Crippen LogP) is 1.93. The lowest BCUT2D eigenvalue weighted by Gasteiger charge is -2.19. The molecule has 3 rings (SSSR count). The van der Waals surface area contributed by atoms with Gasteiger partial charge in [-0.25, -0.2) is 8.42 Å². The summed E-state index contributed by atoms with van der Waals surface area (Å²) in [5.41, 5.74) is 0.745. The lowest BCUT2D eigenvalue weighted by atomic mass is 10.2. The Balaban J connectivity index is 1.82. The molecule has 1 N–H and O–H groups in total. The standard InChI is InChI=1S/C20H28N4O5S/c1-23-14-17(20(22-23)30(26,27)24-10-6-4-5-7-11-24)19(25)21-13-15-12-16(28-2)8-9-18(15)29-3/h8-9,12,14H,4-7,10-11,13H2,1-3H3,(H,21,25). The fourth-order valence-corrected chi connectivity index (χ4v) is 5.15. The molecule has 2 heterocycles. The van der Waals surface area contributed by atoms with E-state index in [2.05, 4.69) is 10.4 Å². The number of nitrogens with zero attached hydrogens (tertiary/aromatic N) is 3. The topological polar surface area (TPSA) is 103 Å². The minimum Gasteiger partial charge on any atom is -0.497 e. The van der Waals surface area contributed by atoms with Crippen molar-refractivity contribution in [2.45, 2.75) is 37.3 Å². The molecule has 0 atom stereocenters. The minimum absolute atomic E-state index is 0.0311. The second kappa shape index (κ2) is 9.48. The van der Waals surface area contributed by atoms with Crippen LogP contribution in [0.5, 0.6) is 11.5 Å². The van der Waals surface area contributed by atoms with Gasteiger partial charge in [0, 0.05) is 38.4 Å². The van der Waals surface area contributed by atoms with Gasteiger partial charge in [0.25, 0.3) is 15.9 Å². The second-order valence-corrected chi connectivity index (χ2v) is 9.05. The number of carbonyl (C=O) groups excluding carboxylic acids is 1. The maximum absolute atomic E-state index is 13.2. The van der Waals surface area contributed by atoms with E-state index in [1.165, 1.54) is 15.2 Å². The predicted molar refractivity (Wildman–Crippen MR) is 111 cm³/mol. The number of rotatable bonds is 7. The average Bonchev–Trinajstić information content (AvgIpc) is 2.95. The van der Waals surface area contributed by atoms with Crippen molar-refractivity contribution < 1.29 is 22.7 Å². The molecule has 30 heavy (non-hydrogen) atoms. The number of methoxy groups -OCH3 is 2. The molecule has 1 saturated heterocycles. The smallest absolute Gasteiger partial charge is 0.263 e. The number of hydrogen-bond acceptors (Lipinski definition) is 6. The number of ether oxygens (including phenoxy) is 2. The third-order valence-electron chi connectivity index (χ3n) is 5.12. The minimum atomic E-state index is -3.85. The molecule has 164 valence electrons. The van der Waals surface area contributed by atoms with Crippen LogP contribution in [0.3, 0.4) is 0 Å². The van der Waals surface area contributed by atoms with Crippen LogP contribution in [-0.2, 0) is 23.6 Å². The van der Waals surface area contributed by atoms with Crippen molar-refractivity contribution in [3.05, 3.63) is 35.5 Å². The number of carbonyl (C=O) groups is 1. The maximum Gasteiger partial charge on any atom is 0.263 e. The highest BCUT2D eigenvalue weighted by Gasteiger charge is 2.32. The van der Waals surface area contributed by atoms with Crippen molar-refractivity contribution in [1.82, 2.24) is 19.4 Å². The van der Waals surface area contributed by atoms with Gasteiger partial charge in [0.2, 0.25) is 5.03 Å². The van der Waals surface area contributed by atoms with Crippen molar-refractivity contribution in [3.63, 3.8) is 0 Å². The van der Waals surface area contributed by atoms with Crippen LogP contribution in [0, 0.1) is 0 Å². The van der Waals surface area contributed by atoms with E-state index in [-0.39, 0.29) is 17.1 Å². The number of aryl methyl sites for hydroxylation is 1. The summed E-state index contributed by atoms with van der Waals surface area (Å²) >= 11 is 0. The number of aromatic nitrogens is 2. The molecule has 0 radical (unpaired) electrons. The Bertz CT molecular complexity index is 995. The van der Waals surface area contributed by atoms with E-state index in [0.29, 0.717) is 30.2 Å². The van der Waals surface area contributed by atoms with Crippen LogP contribution in [0.15, 0.2) is 29.4 Å². The summed E-state index contributed by atoms with van der Waals surface area (Å²) < 4.78 is 39.7. The number of nitrogens with one attached hydrogen (secondary N) is 1. The van der Waals surface area contributed by atoms with Crippen molar-refractivity contribution in [3.8, 4) is 11.5 Å². The van der Waals surface area contributed by atoms with Gasteiger partial charge >= 0.3 is 0 Å². The lowest BCUT2D eigenvalue weighted by Crippen LogP contribution is -2.34. The van der Waals surface area contributed by atoms with E-state index in [4.69, 9.17) is 9.47 Å². The molecule has 0 bridgehead atoms. The van der Waals surface area contributed by atoms with E-state index in [9.17, 15) is 13.2 Å². The molecule has 2 aromatic rings. The molecular formula is C20H28N4O5S. The van der Waals surface area contributed by atoms with Crippen LogP contribution in [0.25, 0.3) is 0 Å². The summed E-state index contributed by atoms with van der Waals surface area (Å²) in [7, 11) is 0.847. The first-order valence-electron chi connectivity index (χ1n) is 9.89. The van der Waals surface area contributed by atoms with Crippen LogP contribution in [0.1, 0.15) is 41.6 Å². The van der Waals surface area contributed by atoms with Gasteiger partial charge < -0.3 is 14.8 Å². The molecule has 1 amide bonds. The van der Waals surface area contributed by atoms with Crippen LogP contribution in [0.4, 0.5) is 0 Å². The monoisotopic (exact) mass is 436 g/mol. The molecule has 0 saturated carbocycles. The Labute approximate surface area is 177 Å². The molecule has 10 heteroatoms. The summed E-state index contributed by atoms with van der Waals surface area (Å²) in [6.45, 7) is 1.04. The number of amides is 1. The highest BCUT2D eigenvalue weighted by atomic mass is 32.2. The highest BCUT2D eigenvalue weighted by molar-refractivity contribution is 7.89. The molecule has 1 aromatic heterocycles. The highest BCUT2D eigenvalue weighted by Crippen LogP contribution is 2.25. The Morgan fingerprint density at radius 3 is 2.47 bits per heavy atom. The van der Waals surface area contributed by atoms with Gasteiger partial charge in [-0.15, -0.1) is 0 Å². The SMILES string of the molecule is COc1ccc(OC)c(CNC(=O)c2cn(C)nc2S(=O)(=O)N2CCCCCC2)c1. The Kier molecular flexibility index (Phi) is 6.99. The Hall–Kier alpha value is -2.59. The summed E-state index contributed by atoms with van der Waals surface area (Å²) in [6, 6.07) is 5.27. The summed E-state index contributed by atoms with van der Waals surface area (Å²) in [6.07, 6.45) is 5.06. The maximum atomic E-state index is 13.2. The fraction of sp³-hybridized carbons (Fsp3) is 0.500. The quantitative estimate of drug-likeness (QED) is 0.712. The molecule has 0 unspecified atom stereocenters. The van der Waals surface area contributed by atoms with Gasteiger partial charge in [-0.2, -0.15) is 9.40 Å². The largest absolute Gasteiger partial charge is 0.497 e. The van der Waals surface area contributed by atoms with Gasteiger partial charge in [0.15, 0.2) is 0 Å². The molecule has 9 nitrogen and oxygen atoms in total. The summed E-state index contributed by atoms with van der Waals surface area (Å²) in [5.74, 6) is 0.715. The molecule has 1 aliphatic heterocycles. The lowest BCUT2D eigenvalue weighted by molar-refractivity contribution is 0.0947. The normalized spacial score (nSPS) is 15.4. The number of hydrogen-bond donors (Lipinski definition) is 1. The molecule has 1 aliphatic rings. The average molecular weight is 437 g/mol. The summed E-state index contributed by atoms with van der Waals surface area (Å²) in [4.78, 5) is 12.9. The molecule has 1 fully saturated rings. The number of sulfonamides is 1. The van der Waals surface area contributed by atoms with E-state index in [1.807, 2.05) is 0 Å². The van der Waals surface area contributed by atoms with E-state index in [0.717, 1.165) is 25.7 Å². The zero-order valence-corrected chi connectivity index (χ0v) is 18.4. The van der Waals surface area contributed by atoms with E-state index >= 15 is 0 Å². The third kappa shape index (κ3) is 4.76. The van der Waals surface area contributed by atoms with Crippen LogP contribution < -0.4 is 14.8 Å². The zero-order valence-electron chi connectivity index (χ0n) is 17.6. The van der Waals surface area contributed by atoms with Crippen molar-refractivity contribution in [2.24, 2.45) is 7.05 Å². The van der Waals surface area contributed by atoms with Gasteiger partial charge in [-0.1, -0.05) is 12.8 Å².